The molecular formula is C55H56N3O3S3+. The van der Waals surface area contributed by atoms with Gasteiger partial charge in [-0.15, -0.1) is 28.4 Å². The lowest BCUT2D eigenvalue weighted by Gasteiger charge is -2.35. The van der Waals surface area contributed by atoms with Crippen molar-refractivity contribution >= 4 is 61.9 Å². The zero-order chi connectivity index (χ0) is 44.3. The molecule has 1 aliphatic heterocycles. The Kier molecular flexibility index (Phi) is 14.9. The van der Waals surface area contributed by atoms with Crippen LogP contribution in [-0.4, -0.2) is 36.1 Å². The number of aryl methyl sites for hydroxylation is 2. The van der Waals surface area contributed by atoms with Gasteiger partial charge in [0.25, 0.3) is 0 Å². The molecule has 6 nitrogen and oxygen atoms in total. The van der Waals surface area contributed by atoms with Crippen molar-refractivity contribution < 1.29 is 8.70 Å². The summed E-state index contributed by atoms with van der Waals surface area (Å²) in [5.41, 5.74) is 9.72. The van der Waals surface area contributed by atoms with Gasteiger partial charge in [-0.25, -0.2) is 0 Å². The van der Waals surface area contributed by atoms with E-state index in [-0.39, 0.29) is 0 Å². The summed E-state index contributed by atoms with van der Waals surface area (Å²) < 4.78 is 15.5. The second-order valence-electron chi connectivity index (χ2n) is 15.8. The van der Waals surface area contributed by atoms with E-state index < -0.39 is 10.3 Å². The van der Waals surface area contributed by atoms with Crippen molar-refractivity contribution in [1.82, 2.24) is 4.58 Å². The van der Waals surface area contributed by atoms with Crippen LogP contribution in [0.5, 0.6) is 0 Å². The third-order valence-corrected chi connectivity index (χ3v) is 17.4. The number of hydrogen-bond acceptors (Lipinski definition) is 7. The molecule has 0 aromatic heterocycles. The second-order valence-corrected chi connectivity index (χ2v) is 21.5. The van der Waals surface area contributed by atoms with Gasteiger partial charge in [0.15, 0.2) is 5.34 Å². The largest absolute Gasteiger partial charge is 0.456 e. The van der Waals surface area contributed by atoms with Crippen molar-refractivity contribution in [2.24, 2.45) is 5.34 Å². The molecule has 1 aliphatic carbocycles. The molecule has 1 heterocycles. The number of para-hydroxylation sites is 2. The second kappa shape index (κ2) is 21.3. The Labute approximate surface area is 388 Å². The topological polar surface area (TPSA) is 58.0 Å². The van der Waals surface area contributed by atoms with Gasteiger partial charge in [0, 0.05) is 96.6 Å². The summed E-state index contributed by atoms with van der Waals surface area (Å²) in [6, 6.07) is 60.2. The molecule has 326 valence electrons. The van der Waals surface area contributed by atoms with E-state index in [1.165, 1.54) is 32.3 Å². The first-order valence-corrected chi connectivity index (χ1v) is 26.0. The summed E-state index contributed by atoms with van der Waals surface area (Å²) in [5, 5.41) is 5.13. The van der Waals surface area contributed by atoms with Crippen LogP contribution in [0, 0.1) is 18.8 Å². The number of hydrogen-bond donors (Lipinski definition) is 0. The van der Waals surface area contributed by atoms with E-state index in [1.807, 2.05) is 29.6 Å². The Balaban J connectivity index is 1.31. The highest BCUT2D eigenvalue weighted by atomic mass is 32.3. The van der Waals surface area contributed by atoms with E-state index in [1.54, 1.807) is 0 Å². The third-order valence-electron chi connectivity index (χ3n) is 11.9. The minimum Gasteiger partial charge on any atom is -0.456 e. The predicted molar refractivity (Wildman–Crippen MR) is 275 cm³/mol. The van der Waals surface area contributed by atoms with Crippen LogP contribution in [-0.2, 0) is 4.28 Å². The summed E-state index contributed by atoms with van der Waals surface area (Å²) in [4.78, 5) is 17.9. The molecule has 0 spiro atoms. The molecule has 0 saturated carbocycles. The predicted octanol–water partition coefficient (Wildman–Crippen LogP) is 15.2. The van der Waals surface area contributed by atoms with Gasteiger partial charge in [0.2, 0.25) is 11.0 Å². The van der Waals surface area contributed by atoms with E-state index in [4.69, 9.17) is 8.70 Å². The zero-order valence-electron chi connectivity index (χ0n) is 37.1. The lowest BCUT2D eigenvalue weighted by molar-refractivity contribution is 0.377. The zero-order valence-corrected chi connectivity index (χ0v) is 39.6. The minimum atomic E-state index is -2.04. The first-order chi connectivity index (χ1) is 31.4. The normalized spacial score (nSPS) is 12.3. The van der Waals surface area contributed by atoms with Gasteiger partial charge in [0.1, 0.15) is 17.9 Å². The van der Waals surface area contributed by atoms with Crippen molar-refractivity contribution in [3.8, 4) is 22.5 Å². The van der Waals surface area contributed by atoms with Gasteiger partial charge >= 0.3 is 0 Å². The Morgan fingerprint density at radius 2 is 1.30 bits per heavy atom. The highest BCUT2D eigenvalue weighted by Crippen LogP contribution is 2.60. The lowest BCUT2D eigenvalue weighted by atomic mass is 9.93. The maximum absolute atomic E-state index is 11.9. The molecule has 0 bridgehead atoms. The summed E-state index contributed by atoms with van der Waals surface area (Å²) in [6.45, 7) is 10.2. The van der Waals surface area contributed by atoms with Gasteiger partial charge in [-0.3, -0.25) is 0 Å². The smallest absolute Gasteiger partial charge is 0.209 e. The van der Waals surface area contributed by atoms with Crippen molar-refractivity contribution in [3.05, 3.63) is 191 Å². The molecule has 0 unspecified atom stereocenters. The monoisotopic (exact) mass is 902 g/mol. The maximum atomic E-state index is 11.9. The van der Waals surface area contributed by atoms with Gasteiger partial charge in [-0.2, -0.15) is 4.58 Å². The van der Waals surface area contributed by atoms with Crippen molar-refractivity contribution in [2.45, 2.75) is 55.2 Å². The van der Waals surface area contributed by atoms with Crippen LogP contribution in [0.25, 0.3) is 33.4 Å². The number of benzene rings is 7. The number of fused-ring (bicyclic) bond motifs is 2. The number of anilines is 2. The van der Waals surface area contributed by atoms with Crippen LogP contribution in [0.4, 0.5) is 17.1 Å². The average Bonchev–Trinajstić information content (AvgIpc) is 3.34. The van der Waals surface area contributed by atoms with E-state index in [9.17, 15) is 4.91 Å². The van der Waals surface area contributed by atoms with Gasteiger partial charge in [0.05, 0.1) is 6.07 Å². The fourth-order valence-electron chi connectivity index (χ4n) is 8.58. The highest BCUT2D eigenvalue weighted by molar-refractivity contribution is 8.29. The minimum absolute atomic E-state index is 0.662. The van der Waals surface area contributed by atoms with E-state index in [0.29, 0.717) is 11.5 Å². The SMILES string of the molecule is CCS(CC)(ON=O)c1ccccc1-c1c2ccc(=[N+](CCCSc3ccccc3)c3ccccc3C)cc-2oc2cc(N(CCCSc3ccccc3)c3ccccc3C)ccc12. The molecule has 0 atom stereocenters. The molecule has 0 radical (unpaired) electrons. The summed E-state index contributed by atoms with van der Waals surface area (Å²) in [5.74, 6) is 4.11. The molecule has 0 saturated heterocycles. The van der Waals surface area contributed by atoms with Crippen LogP contribution < -0.4 is 14.8 Å². The average molecular weight is 903 g/mol. The Morgan fingerprint density at radius 1 is 0.656 bits per heavy atom. The van der Waals surface area contributed by atoms with Crippen LogP contribution in [0.3, 0.4) is 0 Å². The van der Waals surface area contributed by atoms with Crippen molar-refractivity contribution in [2.75, 3.05) is 41.0 Å². The summed E-state index contributed by atoms with van der Waals surface area (Å²) in [6.07, 6.45) is 1.98. The quantitative estimate of drug-likeness (QED) is 0.0201. The maximum Gasteiger partial charge on any atom is 0.209 e. The number of nitrogens with zero attached hydrogens (tertiary/aromatic N) is 3. The van der Waals surface area contributed by atoms with Crippen molar-refractivity contribution in [1.29, 1.82) is 0 Å². The first-order valence-electron chi connectivity index (χ1n) is 22.2. The molecule has 0 N–H and O–H groups in total. The lowest BCUT2D eigenvalue weighted by Crippen LogP contribution is -2.27. The van der Waals surface area contributed by atoms with Crippen LogP contribution in [0.2, 0.25) is 0 Å². The Hall–Kier alpha value is -5.74. The third kappa shape index (κ3) is 9.97. The highest BCUT2D eigenvalue weighted by Gasteiger charge is 2.31. The standard InChI is InChI=1S/C55H56N3O3S3/c1-5-64(6-2,61-56-59)54-30-18-15-27-49(54)55-47-33-31-43(57(50-28-16-13-21-41(50)3)35-19-37-62-45-23-9-7-10-24-45)39-52(47)60-53-40-44(32-34-48(53)55)58(51-29-17-14-22-42(51)4)36-20-38-63-46-25-11-8-12-26-46/h7-18,21-34,39-40H,5-6,19-20,35-38H2,1-4H3/q+1. The molecule has 0 fully saturated rings. The number of rotatable bonds is 19. The van der Waals surface area contributed by atoms with Gasteiger partial charge in [-0.05, 0) is 102 Å². The van der Waals surface area contributed by atoms with Crippen LogP contribution >= 0.6 is 33.8 Å². The molecular weight excluding hydrogens is 847 g/mol. The van der Waals surface area contributed by atoms with E-state index in [0.717, 1.165) is 86.8 Å². The molecule has 6 aromatic rings. The first kappa shape index (κ1) is 44.9. The fraction of sp³-hybridized carbons (Fsp3) is 0.218. The van der Waals surface area contributed by atoms with Gasteiger partial charge in [-0.1, -0.05) is 105 Å². The molecule has 64 heavy (non-hydrogen) atoms. The summed E-state index contributed by atoms with van der Waals surface area (Å²) in [7, 11) is -2.04. The molecule has 9 heteroatoms. The summed E-state index contributed by atoms with van der Waals surface area (Å²) >= 11 is 3.79. The van der Waals surface area contributed by atoms with E-state index in [2.05, 4.69) is 206 Å². The molecule has 2 aliphatic rings. The molecule has 6 aromatic carbocycles. The van der Waals surface area contributed by atoms with E-state index >= 15 is 0 Å². The van der Waals surface area contributed by atoms with Crippen LogP contribution in [0.1, 0.15) is 37.8 Å². The Bertz CT molecular complexity index is 2860. The Morgan fingerprint density at radius 3 is 1.98 bits per heavy atom. The van der Waals surface area contributed by atoms with Gasteiger partial charge < -0.3 is 13.6 Å². The van der Waals surface area contributed by atoms with Crippen molar-refractivity contribution in [3.63, 3.8) is 0 Å². The number of thioether (sulfide) groups is 2. The fourth-order valence-corrected chi connectivity index (χ4v) is 12.6. The van der Waals surface area contributed by atoms with Crippen LogP contribution in [0.15, 0.2) is 194 Å². The molecule has 8 rings (SSSR count). The molecule has 0 amide bonds.